The van der Waals surface area contributed by atoms with Crippen molar-refractivity contribution in [3.63, 3.8) is 0 Å². The fourth-order valence-corrected chi connectivity index (χ4v) is 2.75. The molecule has 2 nitrogen and oxygen atoms in total. The summed E-state index contributed by atoms with van der Waals surface area (Å²) >= 11 is 0. The minimum Gasteiger partial charge on any atom is -0.355 e. The van der Waals surface area contributed by atoms with Gasteiger partial charge in [-0.1, -0.05) is 41.5 Å². The monoisotopic (exact) mass is 254 g/mol. The van der Waals surface area contributed by atoms with Gasteiger partial charge in [-0.3, -0.25) is 4.99 Å². The van der Waals surface area contributed by atoms with Gasteiger partial charge in [-0.2, -0.15) is 0 Å². The van der Waals surface area contributed by atoms with Gasteiger partial charge in [0.25, 0.3) is 0 Å². The fraction of sp³-hybridized carbons (Fsp3) is 0.938. The molecule has 0 heterocycles. The van der Waals surface area contributed by atoms with Crippen LogP contribution < -0.4 is 0 Å². The first-order valence-corrected chi connectivity index (χ1v) is 6.99. The Morgan fingerprint density at radius 3 is 1.61 bits per heavy atom. The Labute approximate surface area is 115 Å². The summed E-state index contributed by atoms with van der Waals surface area (Å²) in [7, 11) is 1.89. The molecule has 0 amide bonds. The average molecular weight is 254 g/mol. The maximum absolute atomic E-state index is 4.41. The lowest BCUT2D eigenvalue weighted by Crippen LogP contribution is -2.51. The van der Waals surface area contributed by atoms with Crippen LogP contribution in [0.25, 0.3) is 0 Å². The van der Waals surface area contributed by atoms with E-state index in [1.165, 1.54) is 0 Å². The van der Waals surface area contributed by atoms with Crippen molar-refractivity contribution in [3.05, 3.63) is 0 Å². The van der Waals surface area contributed by atoms with Gasteiger partial charge in [0.15, 0.2) is 0 Å². The van der Waals surface area contributed by atoms with E-state index in [9.17, 15) is 0 Å². The van der Waals surface area contributed by atoms with Gasteiger partial charge in [0.05, 0.1) is 5.84 Å². The van der Waals surface area contributed by atoms with Crippen LogP contribution in [0, 0.1) is 10.8 Å². The minimum atomic E-state index is 0.134. The van der Waals surface area contributed by atoms with E-state index in [0.717, 1.165) is 18.8 Å². The molecule has 0 saturated heterocycles. The van der Waals surface area contributed by atoms with Crippen molar-refractivity contribution in [2.24, 2.45) is 15.8 Å². The van der Waals surface area contributed by atoms with Gasteiger partial charge < -0.3 is 4.90 Å². The molecule has 2 heteroatoms. The molecule has 0 aliphatic heterocycles. The van der Waals surface area contributed by atoms with E-state index in [-0.39, 0.29) is 11.0 Å². The van der Waals surface area contributed by atoms with Crippen molar-refractivity contribution in [2.45, 2.75) is 74.3 Å². The number of hydrogen-bond acceptors (Lipinski definition) is 1. The first-order chi connectivity index (χ1) is 7.78. The maximum atomic E-state index is 4.41. The number of rotatable bonds is 3. The van der Waals surface area contributed by atoms with Crippen LogP contribution in [-0.4, -0.2) is 29.9 Å². The summed E-state index contributed by atoms with van der Waals surface area (Å²) in [6.45, 7) is 21.6. The molecule has 108 valence electrons. The molecule has 0 fully saturated rings. The van der Waals surface area contributed by atoms with Crippen molar-refractivity contribution in [2.75, 3.05) is 13.6 Å². The van der Waals surface area contributed by atoms with Crippen LogP contribution in [0.4, 0.5) is 0 Å². The summed E-state index contributed by atoms with van der Waals surface area (Å²) in [6.07, 6.45) is 1.16. The first-order valence-electron chi connectivity index (χ1n) is 6.99. The van der Waals surface area contributed by atoms with Crippen molar-refractivity contribution < 1.29 is 0 Å². The number of amidine groups is 1. The van der Waals surface area contributed by atoms with E-state index >= 15 is 0 Å². The van der Waals surface area contributed by atoms with Crippen LogP contribution in [0.15, 0.2) is 4.99 Å². The summed E-state index contributed by atoms with van der Waals surface area (Å²) in [4.78, 5) is 6.88. The van der Waals surface area contributed by atoms with Gasteiger partial charge in [0.1, 0.15) is 0 Å². The largest absolute Gasteiger partial charge is 0.355 e. The Bertz CT molecular complexity index is 287. The molecule has 0 radical (unpaired) electrons. The molecule has 0 aromatic carbocycles. The second-order valence-electron chi connectivity index (χ2n) is 8.47. The molecule has 0 aliphatic carbocycles. The van der Waals surface area contributed by atoms with E-state index in [2.05, 4.69) is 72.2 Å². The summed E-state index contributed by atoms with van der Waals surface area (Å²) in [5, 5.41) is 0. The second-order valence-corrected chi connectivity index (χ2v) is 8.47. The quantitative estimate of drug-likeness (QED) is 0.531. The predicted molar refractivity (Wildman–Crippen MR) is 83.3 cm³/mol. The highest BCUT2D eigenvalue weighted by atomic mass is 15.2. The third-order valence-corrected chi connectivity index (χ3v) is 3.04. The Morgan fingerprint density at radius 1 is 0.889 bits per heavy atom. The van der Waals surface area contributed by atoms with Gasteiger partial charge in [0.2, 0.25) is 0 Å². The van der Waals surface area contributed by atoms with Crippen LogP contribution >= 0.6 is 0 Å². The topological polar surface area (TPSA) is 15.6 Å². The summed E-state index contributed by atoms with van der Waals surface area (Å²) in [5.74, 6) is 1.14. The van der Waals surface area contributed by atoms with Gasteiger partial charge in [-0.25, -0.2) is 0 Å². The molecule has 0 N–H and O–H groups in total. The Morgan fingerprint density at radius 2 is 1.33 bits per heavy atom. The maximum Gasteiger partial charge on any atom is 0.0958 e. The lowest BCUT2D eigenvalue weighted by Gasteiger charge is -2.46. The Balaban J connectivity index is 5.19. The van der Waals surface area contributed by atoms with Crippen molar-refractivity contribution in [1.29, 1.82) is 0 Å². The second kappa shape index (κ2) is 5.63. The molecule has 0 bridgehead atoms. The normalized spacial score (nSPS) is 14.9. The van der Waals surface area contributed by atoms with Crippen LogP contribution in [0.5, 0.6) is 0 Å². The Hall–Kier alpha value is -0.530. The standard InChI is InChI=1S/C16H34N2/c1-13(17-10)18(12-15(5,6)7)16(8,9)11-14(2,3)4/h11-12H2,1-10H3. The first kappa shape index (κ1) is 17.5. The van der Waals surface area contributed by atoms with Gasteiger partial charge >= 0.3 is 0 Å². The molecular formula is C16H34N2. The number of nitrogens with zero attached hydrogens (tertiary/aromatic N) is 2. The fourth-order valence-electron chi connectivity index (χ4n) is 2.75. The van der Waals surface area contributed by atoms with E-state index in [1.54, 1.807) is 0 Å². The highest BCUT2D eigenvalue weighted by molar-refractivity contribution is 5.80. The highest BCUT2D eigenvalue weighted by Crippen LogP contribution is 2.33. The van der Waals surface area contributed by atoms with Gasteiger partial charge in [-0.15, -0.1) is 0 Å². The molecule has 0 saturated carbocycles. The molecule has 0 rings (SSSR count). The number of hydrogen-bond donors (Lipinski definition) is 0. The van der Waals surface area contributed by atoms with Crippen LogP contribution in [-0.2, 0) is 0 Å². The van der Waals surface area contributed by atoms with E-state index in [1.807, 2.05) is 7.05 Å². The minimum absolute atomic E-state index is 0.134. The average Bonchev–Trinajstić information content (AvgIpc) is 2.07. The smallest absolute Gasteiger partial charge is 0.0958 e. The highest BCUT2D eigenvalue weighted by Gasteiger charge is 2.34. The zero-order valence-corrected chi connectivity index (χ0v) is 14.3. The van der Waals surface area contributed by atoms with Crippen molar-refractivity contribution in [3.8, 4) is 0 Å². The van der Waals surface area contributed by atoms with Crippen LogP contribution in [0.2, 0.25) is 0 Å². The number of aliphatic imine (C=N–C) groups is 1. The summed E-state index contributed by atoms with van der Waals surface area (Å²) in [6, 6.07) is 0. The Kier molecular flexibility index (Phi) is 5.46. The summed E-state index contributed by atoms with van der Waals surface area (Å²) in [5.41, 5.74) is 0.740. The predicted octanol–water partition coefficient (Wildman–Crippen LogP) is 4.60. The van der Waals surface area contributed by atoms with Crippen LogP contribution in [0.3, 0.4) is 0 Å². The third-order valence-electron chi connectivity index (χ3n) is 3.04. The molecule has 0 aromatic rings. The zero-order valence-electron chi connectivity index (χ0n) is 14.3. The van der Waals surface area contributed by atoms with Crippen molar-refractivity contribution in [1.82, 2.24) is 4.90 Å². The molecule has 18 heavy (non-hydrogen) atoms. The van der Waals surface area contributed by atoms with E-state index < -0.39 is 0 Å². The molecule has 0 aromatic heterocycles. The van der Waals surface area contributed by atoms with Crippen LogP contribution in [0.1, 0.15) is 68.7 Å². The van der Waals surface area contributed by atoms with E-state index in [0.29, 0.717) is 5.41 Å². The molecular weight excluding hydrogens is 220 g/mol. The third kappa shape index (κ3) is 6.42. The lowest BCUT2D eigenvalue weighted by molar-refractivity contribution is 0.111. The lowest BCUT2D eigenvalue weighted by atomic mass is 9.79. The van der Waals surface area contributed by atoms with Gasteiger partial charge in [0, 0.05) is 19.1 Å². The molecule has 0 spiro atoms. The van der Waals surface area contributed by atoms with Crippen molar-refractivity contribution >= 4 is 5.84 Å². The molecule has 0 aliphatic rings. The van der Waals surface area contributed by atoms with E-state index in [4.69, 9.17) is 0 Å². The SMILES string of the molecule is CN=C(C)N(CC(C)(C)C)C(C)(C)CC(C)(C)C. The summed E-state index contributed by atoms with van der Waals surface area (Å²) < 4.78 is 0. The molecule has 0 unspecified atom stereocenters. The molecule has 0 atom stereocenters. The van der Waals surface area contributed by atoms with Gasteiger partial charge in [-0.05, 0) is 38.0 Å². The zero-order chi connectivity index (χ0) is 14.8.